The molecule has 0 bridgehead atoms. The van der Waals surface area contributed by atoms with Crippen molar-refractivity contribution in [3.8, 4) is 0 Å². The lowest BCUT2D eigenvalue weighted by molar-refractivity contribution is -0.127. The maximum absolute atomic E-state index is 11.5. The van der Waals surface area contributed by atoms with E-state index in [1.54, 1.807) is 7.11 Å². The summed E-state index contributed by atoms with van der Waals surface area (Å²) in [5.74, 6) is 0.878. The average Bonchev–Trinajstić information content (AvgIpc) is 2.26. The maximum atomic E-state index is 11.5. The molecule has 1 fully saturated rings. The number of ether oxygens (including phenoxy) is 1. The van der Waals surface area contributed by atoms with E-state index in [1.165, 1.54) is 6.42 Å². The highest BCUT2D eigenvalue weighted by Gasteiger charge is 2.24. The van der Waals surface area contributed by atoms with Crippen molar-refractivity contribution in [2.24, 2.45) is 16.6 Å². The second kappa shape index (κ2) is 11.3. The van der Waals surface area contributed by atoms with Crippen molar-refractivity contribution >= 4 is 35.8 Å². The first-order valence-corrected chi connectivity index (χ1v) is 6.54. The van der Waals surface area contributed by atoms with Crippen LogP contribution in [0.3, 0.4) is 0 Å². The van der Waals surface area contributed by atoms with Gasteiger partial charge in [-0.3, -0.25) is 9.79 Å². The van der Waals surface area contributed by atoms with Crippen LogP contribution in [0.2, 0.25) is 0 Å². The molecule has 19 heavy (non-hydrogen) atoms. The molecule has 0 aromatic carbocycles. The highest BCUT2D eigenvalue weighted by atomic mass is 127. The van der Waals surface area contributed by atoms with Gasteiger partial charge in [-0.15, -0.1) is 24.0 Å². The van der Waals surface area contributed by atoms with Gasteiger partial charge in [0.1, 0.15) is 0 Å². The number of rotatable bonds is 8. The first-order chi connectivity index (χ1) is 8.74. The molecule has 0 heterocycles. The molecule has 1 aliphatic rings. The zero-order chi connectivity index (χ0) is 13.2. The van der Waals surface area contributed by atoms with Gasteiger partial charge < -0.3 is 21.1 Å². The summed E-state index contributed by atoms with van der Waals surface area (Å²) in [6.07, 6.45) is 4.08. The third-order valence-corrected chi connectivity index (χ3v) is 3.00. The monoisotopic (exact) mass is 384 g/mol. The van der Waals surface area contributed by atoms with E-state index in [9.17, 15) is 4.79 Å². The zero-order valence-corrected chi connectivity index (χ0v) is 13.8. The van der Waals surface area contributed by atoms with Crippen LogP contribution in [0.4, 0.5) is 0 Å². The van der Waals surface area contributed by atoms with Gasteiger partial charge in [-0.2, -0.15) is 0 Å². The van der Waals surface area contributed by atoms with Gasteiger partial charge in [0.05, 0.1) is 6.61 Å². The third-order valence-electron chi connectivity index (χ3n) is 3.00. The minimum absolute atomic E-state index is 0. The molecule has 0 radical (unpaired) electrons. The summed E-state index contributed by atoms with van der Waals surface area (Å²) in [6, 6.07) is 0. The van der Waals surface area contributed by atoms with Crippen molar-refractivity contribution in [2.75, 3.05) is 33.4 Å². The second-order valence-electron chi connectivity index (χ2n) is 4.46. The van der Waals surface area contributed by atoms with Crippen LogP contribution in [0.25, 0.3) is 0 Å². The number of nitrogens with zero attached hydrogens (tertiary/aromatic N) is 1. The van der Waals surface area contributed by atoms with E-state index in [1.807, 2.05) is 0 Å². The third kappa shape index (κ3) is 8.25. The Hall–Kier alpha value is -0.570. The van der Waals surface area contributed by atoms with Crippen molar-refractivity contribution in [2.45, 2.75) is 25.7 Å². The lowest BCUT2D eigenvalue weighted by Gasteiger charge is -2.23. The number of hydrogen-bond donors (Lipinski definition) is 3. The molecule has 0 aromatic heterocycles. The Morgan fingerprint density at radius 1 is 1.37 bits per heavy atom. The Morgan fingerprint density at radius 2 is 2.11 bits per heavy atom. The highest BCUT2D eigenvalue weighted by Crippen LogP contribution is 2.25. The number of methoxy groups -OCH3 is 1. The van der Waals surface area contributed by atoms with Crippen molar-refractivity contribution in [3.05, 3.63) is 0 Å². The van der Waals surface area contributed by atoms with Crippen molar-refractivity contribution < 1.29 is 9.53 Å². The lowest BCUT2D eigenvalue weighted by Crippen LogP contribution is -2.36. The topological polar surface area (TPSA) is 88.7 Å². The van der Waals surface area contributed by atoms with Crippen LogP contribution in [0.1, 0.15) is 25.7 Å². The van der Waals surface area contributed by atoms with Crippen molar-refractivity contribution in [1.82, 2.24) is 10.6 Å². The standard InChI is InChI=1S/C12H24N4O2.HI/c1-18-9-8-16-12(13)15-7-3-6-14-11(17)10-4-2-5-10;/h10H,2-9H2,1H3,(H,14,17)(H3,13,15,16);1H. The normalized spacial score (nSPS) is 15.3. The molecule has 6 nitrogen and oxygen atoms in total. The smallest absolute Gasteiger partial charge is 0.223 e. The van der Waals surface area contributed by atoms with Crippen molar-refractivity contribution in [1.29, 1.82) is 0 Å². The van der Waals surface area contributed by atoms with E-state index in [4.69, 9.17) is 10.5 Å². The fourth-order valence-electron chi connectivity index (χ4n) is 1.64. The molecule has 0 unspecified atom stereocenters. The second-order valence-corrected chi connectivity index (χ2v) is 4.46. The molecular weight excluding hydrogens is 359 g/mol. The van der Waals surface area contributed by atoms with Gasteiger partial charge in [0, 0.05) is 32.7 Å². The molecule has 1 amide bonds. The molecule has 112 valence electrons. The van der Waals surface area contributed by atoms with E-state index in [0.717, 1.165) is 19.3 Å². The number of nitrogens with one attached hydrogen (secondary N) is 2. The van der Waals surface area contributed by atoms with Gasteiger partial charge in [0.2, 0.25) is 5.91 Å². The van der Waals surface area contributed by atoms with E-state index in [-0.39, 0.29) is 35.8 Å². The number of aliphatic imine (C=N–C) groups is 1. The van der Waals surface area contributed by atoms with Gasteiger partial charge in [0.15, 0.2) is 5.96 Å². The molecule has 1 saturated carbocycles. The van der Waals surface area contributed by atoms with Crippen LogP contribution in [0.15, 0.2) is 4.99 Å². The predicted octanol–water partition coefficient (Wildman–Crippen LogP) is 0.461. The van der Waals surface area contributed by atoms with Gasteiger partial charge in [-0.1, -0.05) is 6.42 Å². The van der Waals surface area contributed by atoms with E-state index in [2.05, 4.69) is 15.6 Å². The molecular formula is C12H25IN4O2. The van der Waals surface area contributed by atoms with E-state index < -0.39 is 0 Å². The molecule has 7 heteroatoms. The fourth-order valence-corrected chi connectivity index (χ4v) is 1.64. The Kier molecular flexibility index (Phi) is 10.9. The van der Waals surface area contributed by atoms with Crippen LogP contribution >= 0.6 is 24.0 Å². The Labute approximate surface area is 132 Å². The summed E-state index contributed by atoms with van der Waals surface area (Å²) in [5, 5.41) is 5.86. The molecule has 1 aliphatic carbocycles. The zero-order valence-electron chi connectivity index (χ0n) is 11.5. The van der Waals surface area contributed by atoms with Gasteiger partial charge in [-0.25, -0.2) is 0 Å². The number of hydrogen-bond acceptors (Lipinski definition) is 3. The summed E-state index contributed by atoms with van der Waals surface area (Å²) in [5.41, 5.74) is 5.63. The lowest BCUT2D eigenvalue weighted by atomic mass is 9.85. The summed E-state index contributed by atoms with van der Waals surface area (Å²) >= 11 is 0. The molecule has 0 atom stereocenters. The fraction of sp³-hybridized carbons (Fsp3) is 0.833. The van der Waals surface area contributed by atoms with Gasteiger partial charge in [0.25, 0.3) is 0 Å². The molecule has 0 aromatic rings. The summed E-state index contributed by atoms with van der Waals surface area (Å²) in [6.45, 7) is 2.55. The number of halogens is 1. The number of amides is 1. The van der Waals surface area contributed by atoms with Crippen LogP contribution < -0.4 is 16.4 Å². The molecule has 0 spiro atoms. The van der Waals surface area contributed by atoms with Gasteiger partial charge in [-0.05, 0) is 19.3 Å². The van der Waals surface area contributed by atoms with Crippen LogP contribution in [0, 0.1) is 5.92 Å². The number of carbonyl (C=O) groups excluding carboxylic acids is 1. The summed E-state index contributed by atoms with van der Waals surface area (Å²) in [4.78, 5) is 15.6. The van der Waals surface area contributed by atoms with E-state index in [0.29, 0.717) is 32.2 Å². The van der Waals surface area contributed by atoms with E-state index >= 15 is 0 Å². The summed E-state index contributed by atoms with van der Waals surface area (Å²) in [7, 11) is 1.64. The average molecular weight is 384 g/mol. The summed E-state index contributed by atoms with van der Waals surface area (Å²) < 4.78 is 4.88. The highest BCUT2D eigenvalue weighted by molar-refractivity contribution is 14.0. The number of carbonyl (C=O) groups is 1. The van der Waals surface area contributed by atoms with Gasteiger partial charge >= 0.3 is 0 Å². The van der Waals surface area contributed by atoms with Crippen LogP contribution in [-0.4, -0.2) is 45.2 Å². The SMILES string of the molecule is COCCNC(N)=NCCCNC(=O)C1CCC1.I. The quantitative estimate of drug-likeness (QED) is 0.246. The minimum Gasteiger partial charge on any atom is -0.383 e. The molecule has 4 N–H and O–H groups in total. The van der Waals surface area contributed by atoms with Crippen LogP contribution in [-0.2, 0) is 9.53 Å². The first kappa shape index (κ1) is 18.4. The predicted molar refractivity (Wildman–Crippen MR) is 86.8 cm³/mol. The largest absolute Gasteiger partial charge is 0.383 e. The maximum Gasteiger partial charge on any atom is 0.223 e. The first-order valence-electron chi connectivity index (χ1n) is 6.54. The Morgan fingerprint density at radius 3 is 2.68 bits per heavy atom. The number of nitrogens with two attached hydrogens (primary N) is 1. The Balaban J connectivity index is 0.00000324. The van der Waals surface area contributed by atoms with Crippen molar-refractivity contribution in [3.63, 3.8) is 0 Å². The Bertz CT molecular complexity index is 283. The van der Waals surface area contributed by atoms with Crippen LogP contribution in [0.5, 0.6) is 0 Å². The molecule has 0 saturated heterocycles. The molecule has 0 aliphatic heterocycles. The number of guanidine groups is 1. The molecule has 1 rings (SSSR count). The minimum atomic E-state index is 0.